The number of nitrogens with one attached hydrogen (secondary N) is 1. The molecule has 33 heavy (non-hydrogen) atoms. The first-order chi connectivity index (χ1) is 15.9. The highest BCUT2D eigenvalue weighted by Crippen LogP contribution is 2.27. The van der Waals surface area contributed by atoms with Crippen LogP contribution < -0.4 is 5.32 Å². The fourth-order valence-corrected chi connectivity index (χ4v) is 5.80. The minimum atomic E-state index is -3.63. The number of benzene rings is 1. The molecule has 0 spiro atoms. The fraction of sp³-hybridized carbons (Fsp3) is 0.500. The largest absolute Gasteiger partial charge is 0.379 e. The predicted octanol–water partition coefficient (Wildman–Crippen LogP) is 2.55. The topological polar surface area (TPSA) is 106 Å². The summed E-state index contributed by atoms with van der Waals surface area (Å²) in [6.07, 6.45) is 3.65. The van der Waals surface area contributed by atoms with Crippen LogP contribution in [-0.2, 0) is 26.1 Å². The van der Waals surface area contributed by atoms with Gasteiger partial charge in [0.15, 0.2) is 11.0 Å². The highest BCUT2D eigenvalue weighted by molar-refractivity contribution is 7.99. The lowest BCUT2D eigenvalue weighted by molar-refractivity contribution is -0.119. The maximum absolute atomic E-state index is 13.1. The summed E-state index contributed by atoms with van der Waals surface area (Å²) in [6, 6.07) is 6.82. The first-order valence-electron chi connectivity index (χ1n) is 11.0. The maximum atomic E-state index is 13.1. The van der Waals surface area contributed by atoms with E-state index in [1.54, 1.807) is 30.3 Å². The lowest BCUT2D eigenvalue weighted by Crippen LogP contribution is -2.40. The molecule has 0 saturated carbocycles. The third kappa shape index (κ3) is 6.44. The molecular weight excluding hydrogens is 462 g/mol. The summed E-state index contributed by atoms with van der Waals surface area (Å²) in [4.78, 5) is 12.5. The Morgan fingerprint density at radius 1 is 1.33 bits per heavy atom. The summed E-state index contributed by atoms with van der Waals surface area (Å²) < 4.78 is 34.7. The fourth-order valence-electron chi connectivity index (χ4n) is 3.59. The van der Waals surface area contributed by atoms with Crippen molar-refractivity contribution in [1.82, 2.24) is 24.4 Å². The van der Waals surface area contributed by atoms with Crippen molar-refractivity contribution in [3.8, 4) is 11.4 Å². The Morgan fingerprint density at radius 2 is 2.09 bits per heavy atom. The van der Waals surface area contributed by atoms with Gasteiger partial charge in [0.05, 0.1) is 23.9 Å². The molecule has 1 aliphatic rings. The Morgan fingerprint density at radius 3 is 2.79 bits per heavy atom. The van der Waals surface area contributed by atoms with E-state index in [4.69, 9.17) is 4.74 Å². The van der Waals surface area contributed by atoms with Gasteiger partial charge in [-0.2, -0.15) is 4.31 Å². The number of nitrogens with zero attached hydrogens (tertiary/aromatic N) is 4. The molecule has 0 aliphatic carbocycles. The first kappa shape index (κ1) is 25.4. The third-order valence-electron chi connectivity index (χ3n) is 5.19. The number of carbonyl (C=O) groups excluding carboxylic acids is 1. The first-order valence-corrected chi connectivity index (χ1v) is 13.4. The van der Waals surface area contributed by atoms with Crippen LogP contribution in [0.5, 0.6) is 0 Å². The van der Waals surface area contributed by atoms with Gasteiger partial charge in [-0.05, 0) is 25.5 Å². The van der Waals surface area contributed by atoms with Gasteiger partial charge in [0.2, 0.25) is 15.9 Å². The van der Waals surface area contributed by atoms with Crippen LogP contribution in [0.1, 0.15) is 26.7 Å². The molecule has 0 radical (unpaired) electrons. The number of ether oxygens (including phenoxy) is 1. The van der Waals surface area contributed by atoms with Crippen molar-refractivity contribution in [2.45, 2.75) is 49.3 Å². The lowest BCUT2D eigenvalue weighted by atomic mass is 10.2. The molecule has 2 aromatic rings. The van der Waals surface area contributed by atoms with E-state index in [-0.39, 0.29) is 22.6 Å². The number of hydrogen-bond acceptors (Lipinski definition) is 7. The maximum Gasteiger partial charge on any atom is 0.243 e. The van der Waals surface area contributed by atoms with Crippen molar-refractivity contribution in [2.24, 2.45) is 0 Å². The van der Waals surface area contributed by atoms with Gasteiger partial charge < -0.3 is 10.1 Å². The molecule has 1 amide bonds. The minimum absolute atomic E-state index is 0.0609. The highest BCUT2D eigenvalue weighted by atomic mass is 32.2. The van der Waals surface area contributed by atoms with E-state index in [0.29, 0.717) is 49.4 Å². The molecule has 2 heterocycles. The van der Waals surface area contributed by atoms with Crippen molar-refractivity contribution in [3.63, 3.8) is 0 Å². The third-order valence-corrected chi connectivity index (χ3v) is 8.05. The van der Waals surface area contributed by atoms with Crippen molar-refractivity contribution in [3.05, 3.63) is 36.9 Å². The highest BCUT2D eigenvalue weighted by Gasteiger charge is 2.27. The van der Waals surface area contributed by atoms with E-state index < -0.39 is 10.0 Å². The SMILES string of the molecule is C=CCn1c(SCC(=O)NC(C)CCC)nnc1-c1cccc(S(=O)(=O)N2CCOCC2)c1. The zero-order chi connectivity index (χ0) is 23.8. The van der Waals surface area contributed by atoms with E-state index in [2.05, 4.69) is 29.0 Å². The predicted molar refractivity (Wildman–Crippen MR) is 128 cm³/mol. The molecule has 1 aromatic heterocycles. The van der Waals surface area contributed by atoms with E-state index in [0.717, 1.165) is 12.8 Å². The van der Waals surface area contributed by atoms with E-state index in [9.17, 15) is 13.2 Å². The van der Waals surface area contributed by atoms with Crippen LogP contribution >= 0.6 is 11.8 Å². The van der Waals surface area contributed by atoms with Crippen LogP contribution in [0.3, 0.4) is 0 Å². The van der Waals surface area contributed by atoms with Gasteiger partial charge in [-0.3, -0.25) is 9.36 Å². The molecule has 0 bridgehead atoms. The number of thioether (sulfide) groups is 1. The Hall–Kier alpha value is -2.21. The van der Waals surface area contributed by atoms with Gasteiger partial charge in [0, 0.05) is 31.2 Å². The molecule has 180 valence electrons. The molecule has 9 nitrogen and oxygen atoms in total. The summed E-state index contributed by atoms with van der Waals surface area (Å²) in [5, 5.41) is 12.1. The number of morpholine rings is 1. The number of carbonyl (C=O) groups is 1. The second kappa shape index (κ2) is 11.8. The quantitative estimate of drug-likeness (QED) is 0.379. The zero-order valence-corrected chi connectivity index (χ0v) is 20.7. The normalized spacial score (nSPS) is 15.8. The van der Waals surface area contributed by atoms with Gasteiger partial charge in [0.1, 0.15) is 0 Å². The number of rotatable bonds is 11. The van der Waals surface area contributed by atoms with E-state index >= 15 is 0 Å². The van der Waals surface area contributed by atoms with Crippen LogP contribution in [-0.4, -0.2) is 71.5 Å². The van der Waals surface area contributed by atoms with Gasteiger partial charge in [0.25, 0.3) is 0 Å². The number of allylic oxidation sites excluding steroid dienone is 1. The van der Waals surface area contributed by atoms with Crippen molar-refractivity contribution in [2.75, 3.05) is 32.1 Å². The van der Waals surface area contributed by atoms with Gasteiger partial charge in [-0.1, -0.05) is 43.3 Å². The zero-order valence-electron chi connectivity index (χ0n) is 19.1. The Bertz CT molecular complexity index is 1060. The molecule has 1 fully saturated rings. The number of sulfonamides is 1. The number of aromatic nitrogens is 3. The average molecular weight is 494 g/mol. The number of hydrogen-bond donors (Lipinski definition) is 1. The van der Waals surface area contributed by atoms with Crippen LogP contribution in [0, 0.1) is 0 Å². The van der Waals surface area contributed by atoms with Crippen molar-refractivity contribution < 1.29 is 17.9 Å². The van der Waals surface area contributed by atoms with Crippen LogP contribution in [0.15, 0.2) is 47.0 Å². The Balaban J connectivity index is 1.81. The molecule has 1 aromatic carbocycles. The summed E-state index contributed by atoms with van der Waals surface area (Å²) in [5.74, 6) is 0.680. The summed E-state index contributed by atoms with van der Waals surface area (Å²) >= 11 is 1.29. The van der Waals surface area contributed by atoms with Crippen LogP contribution in [0.2, 0.25) is 0 Å². The van der Waals surface area contributed by atoms with E-state index in [1.165, 1.54) is 16.1 Å². The molecule has 1 saturated heterocycles. The molecular formula is C22H31N5O4S2. The molecule has 1 aliphatic heterocycles. The Kier molecular flexibility index (Phi) is 9.07. The second-order valence-corrected chi connectivity index (χ2v) is 10.7. The molecule has 3 rings (SSSR count). The van der Waals surface area contributed by atoms with Crippen molar-refractivity contribution in [1.29, 1.82) is 0 Å². The summed E-state index contributed by atoms with van der Waals surface area (Å²) in [7, 11) is -3.63. The number of amides is 1. The van der Waals surface area contributed by atoms with Gasteiger partial charge in [-0.15, -0.1) is 16.8 Å². The summed E-state index contributed by atoms with van der Waals surface area (Å²) in [6.45, 7) is 9.74. The lowest BCUT2D eigenvalue weighted by Gasteiger charge is -2.26. The van der Waals surface area contributed by atoms with E-state index in [1.807, 2.05) is 11.5 Å². The summed E-state index contributed by atoms with van der Waals surface area (Å²) in [5.41, 5.74) is 0.631. The smallest absolute Gasteiger partial charge is 0.243 e. The van der Waals surface area contributed by atoms with Crippen LogP contribution in [0.25, 0.3) is 11.4 Å². The van der Waals surface area contributed by atoms with Gasteiger partial charge in [-0.25, -0.2) is 8.42 Å². The molecule has 1 N–H and O–H groups in total. The second-order valence-electron chi connectivity index (χ2n) is 7.80. The van der Waals surface area contributed by atoms with Crippen molar-refractivity contribution >= 4 is 27.7 Å². The standard InChI is InChI=1S/C22H31N5O4S2/c1-4-7-17(3)23-20(28)16-32-22-25-24-21(27(22)10-5-2)18-8-6-9-19(15-18)33(29,30)26-11-13-31-14-12-26/h5-6,8-9,15,17H,2,4,7,10-14,16H2,1,3H3,(H,23,28). The monoisotopic (exact) mass is 493 g/mol. The van der Waals surface area contributed by atoms with Crippen LogP contribution in [0.4, 0.5) is 0 Å². The molecule has 11 heteroatoms. The average Bonchev–Trinajstić information content (AvgIpc) is 3.21. The molecule has 1 atom stereocenters. The van der Waals surface area contributed by atoms with Gasteiger partial charge >= 0.3 is 0 Å². The minimum Gasteiger partial charge on any atom is -0.379 e. The Labute approximate surface area is 199 Å². The molecule has 1 unspecified atom stereocenters.